The van der Waals surface area contributed by atoms with E-state index in [1.165, 1.54) is 31.6 Å². The fourth-order valence-corrected chi connectivity index (χ4v) is 1.59. The van der Waals surface area contributed by atoms with Gasteiger partial charge in [-0.05, 0) is 23.1 Å². The zero-order valence-corrected chi connectivity index (χ0v) is 9.64. The summed E-state index contributed by atoms with van der Waals surface area (Å²) < 4.78 is 0. The van der Waals surface area contributed by atoms with Crippen LogP contribution < -0.4 is 0 Å². The van der Waals surface area contributed by atoms with Crippen LogP contribution in [-0.2, 0) is 9.63 Å². The zero-order chi connectivity index (χ0) is 12.0. The van der Waals surface area contributed by atoms with Gasteiger partial charge in [-0.3, -0.25) is 9.63 Å². The fraction of sp³-hybridized carbons (Fsp3) is 0.222. The molecule has 1 amide bonds. The lowest BCUT2D eigenvalue weighted by molar-refractivity contribution is -0.163. The van der Waals surface area contributed by atoms with Gasteiger partial charge in [0.25, 0.3) is 5.91 Å². The summed E-state index contributed by atoms with van der Waals surface area (Å²) in [5.74, 6) is -0.492. The summed E-state index contributed by atoms with van der Waals surface area (Å²) in [6.07, 6.45) is 1.52. The second kappa shape index (κ2) is 5.92. The standard InChI is InChI=1S/C9H10N4O2S/c1-13(15-2)9(14)8(11-12-10)6-7-4-3-5-16-7/h3-6H,1-2H3/b8-6-. The van der Waals surface area contributed by atoms with Gasteiger partial charge in [0, 0.05) is 16.8 Å². The fourth-order valence-electron chi connectivity index (χ4n) is 0.934. The Morgan fingerprint density at radius 3 is 3.00 bits per heavy atom. The van der Waals surface area contributed by atoms with Crippen LogP contribution in [0.15, 0.2) is 28.3 Å². The van der Waals surface area contributed by atoms with E-state index >= 15 is 0 Å². The van der Waals surface area contributed by atoms with E-state index < -0.39 is 5.91 Å². The molecule has 0 N–H and O–H groups in total. The van der Waals surface area contributed by atoms with Crippen molar-refractivity contribution < 1.29 is 9.63 Å². The number of thiophene rings is 1. The Morgan fingerprint density at radius 1 is 1.75 bits per heavy atom. The lowest BCUT2D eigenvalue weighted by Gasteiger charge is -2.12. The van der Waals surface area contributed by atoms with Crippen LogP contribution >= 0.6 is 11.3 Å². The van der Waals surface area contributed by atoms with E-state index in [1.807, 2.05) is 17.5 Å². The number of carbonyl (C=O) groups excluding carboxylic acids is 1. The van der Waals surface area contributed by atoms with Crippen LogP contribution in [0.2, 0.25) is 0 Å². The molecule has 6 nitrogen and oxygen atoms in total. The third-order valence-corrected chi connectivity index (χ3v) is 2.57. The molecule has 1 heterocycles. The first-order chi connectivity index (χ1) is 7.69. The monoisotopic (exact) mass is 238 g/mol. The predicted molar refractivity (Wildman–Crippen MR) is 61.2 cm³/mol. The highest BCUT2D eigenvalue weighted by Crippen LogP contribution is 2.15. The van der Waals surface area contributed by atoms with Crippen LogP contribution in [0, 0.1) is 0 Å². The molecule has 0 bridgehead atoms. The molecule has 0 spiro atoms. The zero-order valence-electron chi connectivity index (χ0n) is 8.82. The lowest BCUT2D eigenvalue weighted by atomic mass is 10.3. The summed E-state index contributed by atoms with van der Waals surface area (Å²) in [4.78, 5) is 19.8. The highest BCUT2D eigenvalue weighted by atomic mass is 32.1. The number of likely N-dealkylation sites (N-methyl/N-ethyl adjacent to an activating group) is 1. The minimum Gasteiger partial charge on any atom is -0.274 e. The van der Waals surface area contributed by atoms with Crippen molar-refractivity contribution in [2.45, 2.75) is 0 Å². The van der Waals surface area contributed by atoms with Crippen LogP contribution in [0.4, 0.5) is 0 Å². The van der Waals surface area contributed by atoms with Crippen molar-refractivity contribution >= 4 is 23.3 Å². The molecule has 0 aliphatic heterocycles. The van der Waals surface area contributed by atoms with Gasteiger partial charge in [0.15, 0.2) is 0 Å². The quantitative estimate of drug-likeness (QED) is 0.265. The largest absolute Gasteiger partial charge is 0.279 e. The van der Waals surface area contributed by atoms with Crippen molar-refractivity contribution in [2.24, 2.45) is 5.11 Å². The normalized spacial score (nSPS) is 10.8. The van der Waals surface area contributed by atoms with Gasteiger partial charge in [0.2, 0.25) is 0 Å². The number of azide groups is 1. The molecule has 0 aliphatic carbocycles. The smallest absolute Gasteiger partial charge is 0.274 e. The Morgan fingerprint density at radius 2 is 2.50 bits per heavy atom. The van der Waals surface area contributed by atoms with E-state index in [0.717, 1.165) is 9.94 Å². The van der Waals surface area contributed by atoms with E-state index in [1.54, 1.807) is 0 Å². The summed E-state index contributed by atoms with van der Waals surface area (Å²) >= 11 is 1.44. The Balaban J connectivity index is 3.00. The Labute approximate surface area is 96.3 Å². The molecular formula is C9H10N4O2S. The van der Waals surface area contributed by atoms with Gasteiger partial charge >= 0.3 is 0 Å². The molecule has 1 aromatic heterocycles. The molecule has 0 fully saturated rings. The van der Waals surface area contributed by atoms with Gasteiger partial charge in [0.05, 0.1) is 7.11 Å². The predicted octanol–water partition coefficient (Wildman–Crippen LogP) is 2.42. The number of hydrogen-bond acceptors (Lipinski definition) is 4. The molecule has 16 heavy (non-hydrogen) atoms. The molecule has 0 radical (unpaired) electrons. The van der Waals surface area contributed by atoms with Crippen molar-refractivity contribution in [1.29, 1.82) is 0 Å². The number of nitrogens with zero attached hydrogens (tertiary/aromatic N) is 4. The first-order valence-electron chi connectivity index (χ1n) is 4.31. The van der Waals surface area contributed by atoms with Crippen LogP contribution in [0.5, 0.6) is 0 Å². The van der Waals surface area contributed by atoms with Gasteiger partial charge in [0.1, 0.15) is 5.70 Å². The maximum Gasteiger partial charge on any atom is 0.279 e. The Kier molecular flexibility index (Phi) is 4.53. The molecule has 7 heteroatoms. The Bertz CT molecular complexity index is 434. The van der Waals surface area contributed by atoms with Gasteiger partial charge in [-0.2, -0.15) is 0 Å². The van der Waals surface area contributed by atoms with E-state index in [9.17, 15) is 4.79 Å². The number of carbonyl (C=O) groups is 1. The van der Waals surface area contributed by atoms with Gasteiger partial charge < -0.3 is 0 Å². The second-order valence-electron chi connectivity index (χ2n) is 2.72. The molecule has 84 valence electrons. The molecular weight excluding hydrogens is 228 g/mol. The molecule has 0 saturated carbocycles. The van der Waals surface area contributed by atoms with Gasteiger partial charge in [-0.15, -0.1) is 11.3 Å². The minimum atomic E-state index is -0.492. The average molecular weight is 238 g/mol. The van der Waals surface area contributed by atoms with Crippen molar-refractivity contribution in [3.8, 4) is 0 Å². The third kappa shape index (κ3) is 3.09. The molecule has 0 aromatic carbocycles. The number of hydroxylamine groups is 2. The van der Waals surface area contributed by atoms with Crippen LogP contribution in [0.25, 0.3) is 16.5 Å². The molecule has 0 atom stereocenters. The molecule has 1 rings (SSSR count). The van der Waals surface area contributed by atoms with Crippen molar-refractivity contribution in [2.75, 3.05) is 14.2 Å². The Hall–Kier alpha value is -1.82. The lowest BCUT2D eigenvalue weighted by Crippen LogP contribution is -2.26. The van der Waals surface area contributed by atoms with Gasteiger partial charge in [-0.1, -0.05) is 11.2 Å². The van der Waals surface area contributed by atoms with Crippen molar-refractivity contribution in [3.63, 3.8) is 0 Å². The molecule has 0 unspecified atom stereocenters. The number of amides is 1. The minimum absolute atomic E-state index is 0.00528. The first-order valence-corrected chi connectivity index (χ1v) is 5.19. The van der Waals surface area contributed by atoms with Gasteiger partial charge in [-0.25, -0.2) is 5.06 Å². The number of hydrogen-bond donors (Lipinski definition) is 0. The van der Waals surface area contributed by atoms with E-state index in [4.69, 9.17) is 10.4 Å². The van der Waals surface area contributed by atoms with Crippen molar-refractivity contribution in [3.05, 3.63) is 38.5 Å². The highest BCUT2D eigenvalue weighted by Gasteiger charge is 2.13. The maximum atomic E-state index is 11.7. The second-order valence-corrected chi connectivity index (χ2v) is 3.70. The summed E-state index contributed by atoms with van der Waals surface area (Å²) in [5.41, 5.74) is 8.37. The number of rotatable bonds is 4. The summed E-state index contributed by atoms with van der Waals surface area (Å²) in [5, 5.41) is 6.20. The van der Waals surface area contributed by atoms with Crippen LogP contribution in [-0.4, -0.2) is 25.1 Å². The van der Waals surface area contributed by atoms with Crippen LogP contribution in [0.1, 0.15) is 4.88 Å². The van der Waals surface area contributed by atoms with E-state index in [-0.39, 0.29) is 5.70 Å². The summed E-state index contributed by atoms with van der Waals surface area (Å²) in [7, 11) is 2.80. The summed E-state index contributed by atoms with van der Waals surface area (Å²) in [6, 6.07) is 3.66. The molecule has 0 aliphatic rings. The van der Waals surface area contributed by atoms with E-state index in [0.29, 0.717) is 0 Å². The first kappa shape index (κ1) is 12.3. The molecule has 0 saturated heterocycles. The van der Waals surface area contributed by atoms with Crippen molar-refractivity contribution in [1.82, 2.24) is 5.06 Å². The van der Waals surface area contributed by atoms with Crippen LogP contribution in [0.3, 0.4) is 0 Å². The maximum absolute atomic E-state index is 11.7. The SMILES string of the molecule is CON(C)C(=O)/C(=C/c1cccs1)N=[N+]=[N-]. The van der Waals surface area contributed by atoms with E-state index in [2.05, 4.69) is 10.0 Å². The topological polar surface area (TPSA) is 78.3 Å². The molecule has 1 aromatic rings. The summed E-state index contributed by atoms with van der Waals surface area (Å²) in [6.45, 7) is 0. The highest BCUT2D eigenvalue weighted by molar-refractivity contribution is 7.10. The third-order valence-electron chi connectivity index (χ3n) is 1.75. The average Bonchev–Trinajstić information content (AvgIpc) is 2.79.